The Morgan fingerprint density at radius 3 is 2.38 bits per heavy atom. The summed E-state index contributed by atoms with van der Waals surface area (Å²) in [6.07, 6.45) is 0.814. The van der Waals surface area contributed by atoms with E-state index in [0.29, 0.717) is 17.1 Å². The van der Waals surface area contributed by atoms with Crippen LogP contribution < -0.4 is 16.4 Å². The fourth-order valence-electron chi connectivity index (χ4n) is 2.42. The minimum absolute atomic E-state index is 0.0709. The first-order valence-electron chi connectivity index (χ1n) is 7.67. The van der Waals surface area contributed by atoms with Gasteiger partial charge in [-0.3, -0.25) is 4.79 Å². The molecule has 6 heteroatoms. The van der Waals surface area contributed by atoms with Gasteiger partial charge >= 0.3 is 6.03 Å². The van der Waals surface area contributed by atoms with Crippen LogP contribution in [0.4, 0.5) is 4.79 Å². The number of carbonyl (C=O) groups excluding carboxylic acids is 2. The van der Waals surface area contributed by atoms with Gasteiger partial charge in [0.15, 0.2) is 0 Å². The van der Waals surface area contributed by atoms with E-state index < -0.39 is 12.1 Å². The Morgan fingerprint density at radius 1 is 1.04 bits per heavy atom. The van der Waals surface area contributed by atoms with Crippen molar-refractivity contribution in [2.75, 3.05) is 6.54 Å². The van der Waals surface area contributed by atoms with Crippen LogP contribution in [-0.4, -0.2) is 18.5 Å². The van der Waals surface area contributed by atoms with Gasteiger partial charge in [0.2, 0.25) is 5.91 Å². The zero-order valence-electron chi connectivity index (χ0n) is 13.2. The number of urea groups is 1. The largest absolute Gasteiger partial charge is 0.356 e. The summed E-state index contributed by atoms with van der Waals surface area (Å²) >= 11 is 6.15. The van der Waals surface area contributed by atoms with Crippen LogP contribution in [0.1, 0.15) is 23.6 Å². The number of rotatable bonds is 7. The molecule has 0 heterocycles. The summed E-state index contributed by atoms with van der Waals surface area (Å²) in [6, 6.07) is 15.7. The fraction of sp³-hybridized carbons (Fsp3) is 0.222. The summed E-state index contributed by atoms with van der Waals surface area (Å²) in [5.74, 6) is -0.176. The first kappa shape index (κ1) is 17.8. The summed E-state index contributed by atoms with van der Waals surface area (Å²) < 4.78 is 0. The Bertz CT molecular complexity index is 692. The van der Waals surface area contributed by atoms with Gasteiger partial charge < -0.3 is 16.4 Å². The van der Waals surface area contributed by atoms with Crippen LogP contribution in [-0.2, 0) is 11.2 Å². The molecule has 1 atom stereocenters. The van der Waals surface area contributed by atoms with E-state index >= 15 is 0 Å². The topological polar surface area (TPSA) is 84.2 Å². The normalized spacial score (nSPS) is 11.5. The van der Waals surface area contributed by atoms with Crippen LogP contribution in [0.25, 0.3) is 0 Å². The molecular formula is C18H20ClN3O2. The highest BCUT2D eigenvalue weighted by atomic mass is 35.5. The smallest absolute Gasteiger partial charge is 0.312 e. The van der Waals surface area contributed by atoms with Crippen molar-refractivity contribution in [2.45, 2.75) is 18.9 Å². The Labute approximate surface area is 146 Å². The van der Waals surface area contributed by atoms with E-state index in [4.69, 9.17) is 17.3 Å². The third-order valence-electron chi connectivity index (χ3n) is 3.57. The molecule has 2 rings (SSSR count). The maximum absolute atomic E-state index is 12.2. The van der Waals surface area contributed by atoms with Gasteiger partial charge in [-0.1, -0.05) is 60.1 Å². The molecule has 0 aliphatic rings. The first-order chi connectivity index (χ1) is 11.6. The summed E-state index contributed by atoms with van der Waals surface area (Å²) in [7, 11) is 0. The molecule has 0 fully saturated rings. The van der Waals surface area contributed by atoms with E-state index in [9.17, 15) is 9.59 Å². The molecule has 0 saturated carbocycles. The molecule has 5 nitrogen and oxygen atoms in total. The van der Waals surface area contributed by atoms with Gasteiger partial charge in [0.1, 0.15) is 0 Å². The second-order valence-electron chi connectivity index (χ2n) is 5.37. The van der Waals surface area contributed by atoms with Gasteiger partial charge in [-0.05, 0) is 23.6 Å². The summed E-state index contributed by atoms with van der Waals surface area (Å²) in [4.78, 5) is 23.4. The van der Waals surface area contributed by atoms with E-state index in [2.05, 4.69) is 10.6 Å². The second kappa shape index (κ2) is 8.93. The molecular weight excluding hydrogens is 326 g/mol. The van der Waals surface area contributed by atoms with Crippen molar-refractivity contribution in [3.63, 3.8) is 0 Å². The van der Waals surface area contributed by atoms with Gasteiger partial charge in [0, 0.05) is 11.6 Å². The first-order valence-corrected chi connectivity index (χ1v) is 8.05. The van der Waals surface area contributed by atoms with Crippen molar-refractivity contribution >= 4 is 23.5 Å². The monoisotopic (exact) mass is 345 g/mol. The van der Waals surface area contributed by atoms with Crippen molar-refractivity contribution in [3.05, 3.63) is 70.7 Å². The maximum Gasteiger partial charge on any atom is 0.312 e. The molecule has 0 spiro atoms. The minimum Gasteiger partial charge on any atom is -0.356 e. The van der Waals surface area contributed by atoms with Gasteiger partial charge in [-0.25, -0.2) is 4.79 Å². The highest BCUT2D eigenvalue weighted by Crippen LogP contribution is 2.24. The van der Waals surface area contributed by atoms with Crippen molar-refractivity contribution in [1.29, 1.82) is 0 Å². The standard InChI is InChI=1S/C18H20ClN3O2/c19-15-9-5-4-8-14(15)16(22-18(20)24)12-17(23)21-11-10-13-6-2-1-3-7-13/h1-9,16H,10-12H2,(H,21,23)(H3,20,22,24). The lowest BCUT2D eigenvalue weighted by molar-refractivity contribution is -0.121. The highest BCUT2D eigenvalue weighted by Gasteiger charge is 2.19. The molecule has 0 aliphatic heterocycles. The number of nitrogens with one attached hydrogen (secondary N) is 2. The van der Waals surface area contributed by atoms with Crippen molar-refractivity contribution in [2.24, 2.45) is 5.73 Å². The third kappa shape index (κ3) is 5.59. The average molecular weight is 346 g/mol. The van der Waals surface area contributed by atoms with Crippen LogP contribution >= 0.6 is 11.6 Å². The number of hydrogen-bond donors (Lipinski definition) is 3. The molecule has 2 aromatic rings. The molecule has 0 saturated heterocycles. The van der Waals surface area contributed by atoms with Gasteiger partial charge in [-0.2, -0.15) is 0 Å². The van der Waals surface area contributed by atoms with E-state index in [1.807, 2.05) is 30.3 Å². The number of benzene rings is 2. The lowest BCUT2D eigenvalue weighted by atomic mass is 10.0. The van der Waals surface area contributed by atoms with Crippen LogP contribution in [0.3, 0.4) is 0 Å². The molecule has 4 N–H and O–H groups in total. The summed E-state index contributed by atoms with van der Waals surface area (Å²) in [5, 5.41) is 5.90. The number of nitrogens with two attached hydrogens (primary N) is 1. The van der Waals surface area contributed by atoms with Crippen molar-refractivity contribution in [1.82, 2.24) is 10.6 Å². The van der Waals surface area contributed by atoms with E-state index in [-0.39, 0.29) is 12.3 Å². The van der Waals surface area contributed by atoms with E-state index in [0.717, 1.165) is 12.0 Å². The van der Waals surface area contributed by atoms with Crippen molar-refractivity contribution in [3.8, 4) is 0 Å². The van der Waals surface area contributed by atoms with Gasteiger partial charge in [0.05, 0.1) is 12.5 Å². The third-order valence-corrected chi connectivity index (χ3v) is 3.91. The maximum atomic E-state index is 12.2. The average Bonchev–Trinajstić information content (AvgIpc) is 2.55. The molecule has 2 aromatic carbocycles. The highest BCUT2D eigenvalue weighted by molar-refractivity contribution is 6.31. The van der Waals surface area contributed by atoms with Crippen LogP contribution in [0.2, 0.25) is 5.02 Å². The summed E-state index contributed by atoms with van der Waals surface area (Å²) in [5.41, 5.74) is 7.02. The van der Waals surface area contributed by atoms with Gasteiger partial charge in [-0.15, -0.1) is 0 Å². The van der Waals surface area contributed by atoms with Crippen molar-refractivity contribution < 1.29 is 9.59 Å². The number of amides is 3. The van der Waals surface area contributed by atoms with Crippen LogP contribution in [0, 0.1) is 0 Å². The molecule has 0 aromatic heterocycles. The predicted octanol–water partition coefficient (Wildman–Crippen LogP) is 2.80. The van der Waals surface area contributed by atoms with Crippen LogP contribution in [0.15, 0.2) is 54.6 Å². The molecule has 0 aliphatic carbocycles. The quantitative estimate of drug-likeness (QED) is 0.721. The Hall–Kier alpha value is -2.53. The molecule has 3 amide bonds. The lowest BCUT2D eigenvalue weighted by Gasteiger charge is -2.19. The number of hydrogen-bond acceptors (Lipinski definition) is 2. The molecule has 24 heavy (non-hydrogen) atoms. The minimum atomic E-state index is -0.697. The Kier molecular flexibility index (Phi) is 6.63. The summed E-state index contributed by atoms with van der Waals surface area (Å²) in [6.45, 7) is 0.522. The zero-order valence-corrected chi connectivity index (χ0v) is 13.9. The Balaban J connectivity index is 1.92. The molecule has 1 unspecified atom stereocenters. The molecule has 126 valence electrons. The molecule has 0 bridgehead atoms. The predicted molar refractivity (Wildman–Crippen MR) is 94.7 cm³/mol. The van der Waals surface area contributed by atoms with Crippen LogP contribution in [0.5, 0.6) is 0 Å². The van der Waals surface area contributed by atoms with Gasteiger partial charge in [0.25, 0.3) is 0 Å². The number of primary amides is 1. The fourth-order valence-corrected chi connectivity index (χ4v) is 2.68. The molecule has 0 radical (unpaired) electrons. The number of halogens is 1. The number of carbonyl (C=O) groups is 2. The Morgan fingerprint density at radius 2 is 1.71 bits per heavy atom. The van der Waals surface area contributed by atoms with E-state index in [1.165, 1.54) is 0 Å². The zero-order chi connectivity index (χ0) is 17.4. The lowest BCUT2D eigenvalue weighted by Crippen LogP contribution is -2.37. The second-order valence-corrected chi connectivity index (χ2v) is 5.78. The van der Waals surface area contributed by atoms with E-state index in [1.54, 1.807) is 24.3 Å². The SMILES string of the molecule is NC(=O)NC(CC(=O)NCCc1ccccc1)c1ccccc1Cl.